The van der Waals surface area contributed by atoms with Gasteiger partial charge in [-0.05, 0) is 17.5 Å². The Bertz CT molecular complexity index is 807. The lowest BCUT2D eigenvalue weighted by Gasteiger charge is -2.03. The van der Waals surface area contributed by atoms with Crippen molar-refractivity contribution in [3.63, 3.8) is 0 Å². The molecule has 3 N–H and O–H groups in total. The Hall–Kier alpha value is -2.74. The molecule has 0 fully saturated rings. The van der Waals surface area contributed by atoms with E-state index in [9.17, 15) is 9.59 Å². The van der Waals surface area contributed by atoms with E-state index in [1.165, 1.54) is 22.0 Å². The second-order valence-electron chi connectivity index (χ2n) is 3.93. The van der Waals surface area contributed by atoms with Gasteiger partial charge in [0.15, 0.2) is 5.65 Å². The minimum atomic E-state index is -0.576. The van der Waals surface area contributed by atoms with Gasteiger partial charge in [0.1, 0.15) is 10.4 Å². The minimum Gasteiger partial charge on any atom is -0.365 e. The molecule has 0 saturated carbocycles. The molecule has 0 aromatic carbocycles. The fourth-order valence-electron chi connectivity index (χ4n) is 1.78. The van der Waals surface area contributed by atoms with E-state index in [-0.39, 0.29) is 5.91 Å². The fraction of sp³-hybridized carbons (Fsp3) is 0. The molecule has 2 amide bonds. The van der Waals surface area contributed by atoms with Gasteiger partial charge < -0.3 is 11.1 Å². The van der Waals surface area contributed by atoms with Crippen LogP contribution in [0.1, 0.15) is 20.0 Å². The third kappa shape index (κ3) is 2.01. The normalized spacial score (nSPS) is 10.6. The summed E-state index contributed by atoms with van der Waals surface area (Å²) in [5.41, 5.74) is 6.40. The molecule has 0 aliphatic rings. The molecule has 3 aromatic heterocycles. The van der Waals surface area contributed by atoms with E-state index in [1.54, 1.807) is 29.9 Å². The standard InChI is InChI=1S/C12H9N5O2S/c13-10(18)9-8(2-5-20-9)16-12(19)7-6-15-17-4-1-3-14-11(7)17/h1-6H,(H2,13,18)(H,16,19). The average molecular weight is 287 g/mol. The van der Waals surface area contributed by atoms with Crippen LogP contribution in [0.15, 0.2) is 36.1 Å². The zero-order valence-corrected chi connectivity index (χ0v) is 10.9. The van der Waals surface area contributed by atoms with Crippen molar-refractivity contribution < 1.29 is 9.59 Å². The van der Waals surface area contributed by atoms with Gasteiger partial charge in [-0.3, -0.25) is 9.59 Å². The van der Waals surface area contributed by atoms with E-state index >= 15 is 0 Å². The van der Waals surface area contributed by atoms with Gasteiger partial charge in [-0.1, -0.05) is 0 Å². The summed E-state index contributed by atoms with van der Waals surface area (Å²) in [7, 11) is 0. The van der Waals surface area contributed by atoms with E-state index in [2.05, 4.69) is 15.4 Å². The fourth-order valence-corrected chi connectivity index (χ4v) is 2.48. The molecule has 3 rings (SSSR count). The first-order valence-corrected chi connectivity index (χ1v) is 6.52. The summed E-state index contributed by atoms with van der Waals surface area (Å²) in [6.45, 7) is 0. The Labute approximate surface area is 117 Å². The number of hydrogen-bond acceptors (Lipinski definition) is 5. The Morgan fingerprint density at radius 2 is 2.25 bits per heavy atom. The molecule has 3 aromatic rings. The molecule has 0 atom stereocenters. The van der Waals surface area contributed by atoms with Crippen molar-refractivity contribution in [1.29, 1.82) is 0 Å². The van der Waals surface area contributed by atoms with Crippen molar-refractivity contribution in [2.75, 3.05) is 5.32 Å². The van der Waals surface area contributed by atoms with Crippen LogP contribution >= 0.6 is 11.3 Å². The summed E-state index contributed by atoms with van der Waals surface area (Å²) in [6.07, 6.45) is 4.69. The van der Waals surface area contributed by atoms with Crippen LogP contribution in [0.2, 0.25) is 0 Å². The topological polar surface area (TPSA) is 102 Å². The second-order valence-corrected chi connectivity index (χ2v) is 4.84. The number of amides is 2. The highest BCUT2D eigenvalue weighted by molar-refractivity contribution is 7.12. The highest BCUT2D eigenvalue weighted by Crippen LogP contribution is 2.22. The molecule has 3 heterocycles. The summed E-state index contributed by atoms with van der Waals surface area (Å²) in [6, 6.07) is 3.34. The van der Waals surface area contributed by atoms with Gasteiger partial charge in [-0.15, -0.1) is 11.3 Å². The molecule has 0 saturated heterocycles. The Kier molecular flexibility index (Phi) is 2.92. The summed E-state index contributed by atoms with van der Waals surface area (Å²) in [5.74, 6) is -0.965. The van der Waals surface area contributed by atoms with E-state index in [1.807, 2.05) is 0 Å². The number of nitrogens with two attached hydrogens (primary N) is 1. The first kappa shape index (κ1) is 12.3. The zero-order valence-electron chi connectivity index (χ0n) is 10.1. The first-order valence-electron chi connectivity index (χ1n) is 5.64. The van der Waals surface area contributed by atoms with Crippen LogP contribution in [0.25, 0.3) is 5.65 Å². The summed E-state index contributed by atoms with van der Waals surface area (Å²) in [4.78, 5) is 27.8. The number of aromatic nitrogens is 3. The van der Waals surface area contributed by atoms with Gasteiger partial charge in [0.2, 0.25) is 0 Å². The maximum absolute atomic E-state index is 12.2. The van der Waals surface area contributed by atoms with Crippen LogP contribution < -0.4 is 11.1 Å². The maximum Gasteiger partial charge on any atom is 0.261 e. The van der Waals surface area contributed by atoms with Crippen molar-refractivity contribution in [2.24, 2.45) is 5.73 Å². The average Bonchev–Trinajstić information content (AvgIpc) is 3.04. The number of carbonyl (C=O) groups excluding carboxylic acids is 2. The van der Waals surface area contributed by atoms with E-state index in [0.717, 1.165) is 0 Å². The van der Waals surface area contributed by atoms with Crippen LogP contribution in [0.4, 0.5) is 5.69 Å². The molecule has 7 nitrogen and oxygen atoms in total. The maximum atomic E-state index is 12.2. The Balaban J connectivity index is 1.93. The third-order valence-electron chi connectivity index (χ3n) is 2.66. The molecule has 20 heavy (non-hydrogen) atoms. The molecule has 0 unspecified atom stereocenters. The molecule has 0 aliphatic heterocycles. The number of anilines is 1. The summed E-state index contributed by atoms with van der Waals surface area (Å²) < 4.78 is 1.50. The van der Waals surface area contributed by atoms with Crippen molar-refractivity contribution in [3.8, 4) is 0 Å². The van der Waals surface area contributed by atoms with Gasteiger partial charge in [-0.2, -0.15) is 5.10 Å². The minimum absolute atomic E-state index is 0.308. The zero-order chi connectivity index (χ0) is 14.1. The molecular formula is C12H9N5O2S. The lowest BCUT2D eigenvalue weighted by atomic mass is 10.3. The van der Waals surface area contributed by atoms with Crippen molar-refractivity contribution in [2.45, 2.75) is 0 Å². The predicted molar refractivity (Wildman–Crippen MR) is 73.8 cm³/mol. The van der Waals surface area contributed by atoms with E-state index < -0.39 is 5.91 Å². The molecule has 8 heteroatoms. The van der Waals surface area contributed by atoms with Crippen LogP contribution in [-0.2, 0) is 0 Å². The number of hydrogen-bond donors (Lipinski definition) is 2. The number of primary amides is 1. The van der Waals surface area contributed by atoms with Gasteiger partial charge in [-0.25, -0.2) is 9.50 Å². The molecule has 0 radical (unpaired) electrons. The quantitative estimate of drug-likeness (QED) is 0.754. The number of fused-ring (bicyclic) bond motifs is 1. The van der Waals surface area contributed by atoms with Gasteiger partial charge in [0, 0.05) is 12.4 Å². The van der Waals surface area contributed by atoms with Gasteiger partial charge in [0.25, 0.3) is 11.8 Å². The number of nitrogens with one attached hydrogen (secondary N) is 1. The lowest BCUT2D eigenvalue weighted by molar-refractivity contribution is 0.100. The molecule has 0 bridgehead atoms. The molecular weight excluding hydrogens is 278 g/mol. The smallest absolute Gasteiger partial charge is 0.261 e. The molecule has 0 spiro atoms. The number of rotatable bonds is 3. The third-order valence-corrected chi connectivity index (χ3v) is 3.59. The van der Waals surface area contributed by atoms with Crippen molar-refractivity contribution in [1.82, 2.24) is 14.6 Å². The Morgan fingerprint density at radius 1 is 1.40 bits per heavy atom. The highest BCUT2D eigenvalue weighted by Gasteiger charge is 2.17. The van der Waals surface area contributed by atoms with Crippen molar-refractivity contribution >= 4 is 34.5 Å². The Morgan fingerprint density at radius 3 is 3.05 bits per heavy atom. The molecule has 100 valence electrons. The highest BCUT2D eigenvalue weighted by atomic mass is 32.1. The molecule has 0 aliphatic carbocycles. The van der Waals surface area contributed by atoms with Crippen LogP contribution in [0.3, 0.4) is 0 Å². The SMILES string of the molecule is NC(=O)c1sccc1NC(=O)c1cnn2cccnc12. The van der Waals surface area contributed by atoms with Crippen LogP contribution in [0.5, 0.6) is 0 Å². The van der Waals surface area contributed by atoms with E-state index in [0.29, 0.717) is 21.8 Å². The first-order chi connectivity index (χ1) is 9.66. The number of carbonyl (C=O) groups is 2. The number of nitrogens with zero attached hydrogens (tertiary/aromatic N) is 3. The van der Waals surface area contributed by atoms with Crippen molar-refractivity contribution in [3.05, 3.63) is 46.5 Å². The van der Waals surface area contributed by atoms with Crippen LogP contribution in [0, 0.1) is 0 Å². The second kappa shape index (κ2) is 4.74. The summed E-state index contributed by atoms with van der Waals surface area (Å²) in [5, 5.41) is 8.36. The largest absolute Gasteiger partial charge is 0.365 e. The van der Waals surface area contributed by atoms with Crippen LogP contribution in [-0.4, -0.2) is 26.4 Å². The lowest BCUT2D eigenvalue weighted by Crippen LogP contribution is -2.16. The van der Waals surface area contributed by atoms with Gasteiger partial charge >= 0.3 is 0 Å². The number of thiophene rings is 1. The summed E-state index contributed by atoms with van der Waals surface area (Å²) >= 11 is 1.17. The van der Waals surface area contributed by atoms with E-state index in [4.69, 9.17) is 5.73 Å². The van der Waals surface area contributed by atoms with Gasteiger partial charge in [0.05, 0.1) is 11.9 Å². The monoisotopic (exact) mass is 287 g/mol. The predicted octanol–water partition coefficient (Wildman–Crippen LogP) is 1.14.